The quantitative estimate of drug-likeness (QED) is 0.141. The Bertz CT molecular complexity index is 1700. The van der Waals surface area contributed by atoms with Crippen molar-refractivity contribution in [3.63, 3.8) is 0 Å². The summed E-state index contributed by atoms with van der Waals surface area (Å²) in [6.07, 6.45) is 6.46. The van der Waals surface area contributed by atoms with Crippen LogP contribution in [0.15, 0.2) is 85.1 Å². The van der Waals surface area contributed by atoms with Crippen LogP contribution in [0.4, 0.5) is 5.69 Å². The number of pyridine rings is 1. The second-order valence-corrected chi connectivity index (χ2v) is 8.79. The monoisotopic (exact) mass is 507 g/mol. The third kappa shape index (κ3) is 4.97. The molecule has 0 aliphatic rings. The van der Waals surface area contributed by atoms with E-state index in [0.29, 0.717) is 24.3 Å². The maximum absolute atomic E-state index is 11.9. The minimum Gasteiger partial charge on any atom is -0.496 e. The topological polar surface area (TPSA) is 96.5 Å². The maximum Gasteiger partial charge on any atom is 0.337 e. The van der Waals surface area contributed by atoms with Gasteiger partial charge in [0.1, 0.15) is 5.75 Å². The summed E-state index contributed by atoms with van der Waals surface area (Å²) < 4.78 is 12.4. The van der Waals surface area contributed by atoms with Crippen LogP contribution in [0.25, 0.3) is 27.9 Å². The normalized spacial score (nSPS) is 11.3. The first-order valence-electron chi connectivity index (χ1n) is 12.0. The molecule has 0 bridgehead atoms. The number of nitro groups is 1. The van der Waals surface area contributed by atoms with Crippen molar-refractivity contribution in [2.45, 2.75) is 13.0 Å². The van der Waals surface area contributed by atoms with Crippen LogP contribution in [0.1, 0.15) is 27.2 Å². The smallest absolute Gasteiger partial charge is 0.337 e. The first kappa shape index (κ1) is 24.7. The Balaban J connectivity index is 1.48. The van der Waals surface area contributed by atoms with Crippen LogP contribution < -0.4 is 4.74 Å². The Kier molecular flexibility index (Phi) is 6.86. The van der Waals surface area contributed by atoms with Crippen LogP contribution in [0.2, 0.25) is 0 Å². The Morgan fingerprint density at radius 2 is 1.87 bits per heavy atom. The summed E-state index contributed by atoms with van der Waals surface area (Å²) in [6.45, 7) is 0.557. The molecule has 190 valence electrons. The van der Waals surface area contributed by atoms with Crippen molar-refractivity contribution in [1.29, 1.82) is 0 Å². The van der Waals surface area contributed by atoms with Gasteiger partial charge < -0.3 is 14.0 Å². The van der Waals surface area contributed by atoms with Crippen molar-refractivity contribution < 1.29 is 19.2 Å². The lowest BCUT2D eigenvalue weighted by Crippen LogP contribution is -2.03. The van der Waals surface area contributed by atoms with Crippen molar-refractivity contribution in [3.8, 4) is 5.75 Å². The van der Waals surface area contributed by atoms with Gasteiger partial charge in [-0.2, -0.15) is 0 Å². The zero-order valence-electron chi connectivity index (χ0n) is 21.0. The number of non-ortho nitro benzene ring substituents is 1. The summed E-state index contributed by atoms with van der Waals surface area (Å²) in [6, 6.07) is 22.0. The third-order valence-electron chi connectivity index (χ3n) is 6.46. The van der Waals surface area contributed by atoms with Crippen LogP contribution >= 0.6 is 0 Å². The molecule has 0 atom stereocenters. The molecule has 8 nitrogen and oxygen atoms in total. The highest BCUT2D eigenvalue weighted by Gasteiger charge is 2.16. The van der Waals surface area contributed by atoms with E-state index >= 15 is 0 Å². The van der Waals surface area contributed by atoms with Gasteiger partial charge in [-0.1, -0.05) is 36.4 Å². The number of aromatic nitrogens is 2. The van der Waals surface area contributed by atoms with Crippen molar-refractivity contribution in [2.75, 3.05) is 14.2 Å². The van der Waals surface area contributed by atoms with E-state index < -0.39 is 10.9 Å². The molecule has 0 N–H and O–H groups in total. The summed E-state index contributed by atoms with van der Waals surface area (Å²) in [5.74, 6) is 0.0938. The van der Waals surface area contributed by atoms with E-state index in [2.05, 4.69) is 9.55 Å². The molecule has 0 saturated carbocycles. The second kappa shape index (κ2) is 10.6. The molecule has 5 aromatic rings. The number of methoxy groups -OCH3 is 2. The number of fused-ring (bicyclic) bond motifs is 2. The summed E-state index contributed by atoms with van der Waals surface area (Å²) in [7, 11) is 2.87. The number of allylic oxidation sites excluding steroid dienone is 1. The number of esters is 1. The van der Waals surface area contributed by atoms with Crippen molar-refractivity contribution in [2.24, 2.45) is 0 Å². The van der Waals surface area contributed by atoms with Crippen LogP contribution in [0.5, 0.6) is 5.75 Å². The first-order chi connectivity index (χ1) is 18.5. The Labute approximate surface area is 218 Å². The van der Waals surface area contributed by atoms with E-state index in [4.69, 9.17) is 9.47 Å². The highest BCUT2D eigenvalue weighted by Crippen LogP contribution is 2.31. The lowest BCUT2D eigenvalue weighted by Gasteiger charge is -2.10. The SMILES string of the molecule is COC(=O)c1ccc(Cc2cn(CC=Cc3ccc4ccccc4n3)c3ccc([N+](=O)[O-])cc23)c(OC)c1. The van der Waals surface area contributed by atoms with E-state index in [-0.39, 0.29) is 5.69 Å². The zero-order valence-corrected chi connectivity index (χ0v) is 21.0. The fourth-order valence-electron chi connectivity index (χ4n) is 4.57. The fraction of sp³-hybridized carbons (Fsp3) is 0.133. The number of rotatable bonds is 8. The number of hydrogen-bond acceptors (Lipinski definition) is 6. The van der Waals surface area contributed by atoms with Gasteiger partial charge in [-0.05, 0) is 47.5 Å². The molecule has 0 spiro atoms. The summed E-state index contributed by atoms with van der Waals surface area (Å²) in [5.41, 5.74) is 4.84. The number of carbonyl (C=O) groups is 1. The van der Waals surface area contributed by atoms with Gasteiger partial charge in [0.25, 0.3) is 5.69 Å². The maximum atomic E-state index is 11.9. The van der Waals surface area contributed by atoms with Gasteiger partial charge in [-0.3, -0.25) is 10.1 Å². The third-order valence-corrected chi connectivity index (χ3v) is 6.46. The Morgan fingerprint density at radius 1 is 1.03 bits per heavy atom. The number of ether oxygens (including phenoxy) is 2. The van der Waals surface area contributed by atoms with E-state index in [1.165, 1.54) is 13.2 Å². The molecule has 0 aliphatic carbocycles. The molecule has 2 heterocycles. The minimum absolute atomic E-state index is 0.0282. The first-order valence-corrected chi connectivity index (χ1v) is 12.0. The van der Waals surface area contributed by atoms with Gasteiger partial charge in [-0.25, -0.2) is 9.78 Å². The largest absolute Gasteiger partial charge is 0.496 e. The summed E-state index contributed by atoms with van der Waals surface area (Å²) in [4.78, 5) is 27.7. The predicted octanol–water partition coefficient (Wildman–Crippen LogP) is 6.20. The fourth-order valence-corrected chi connectivity index (χ4v) is 4.57. The van der Waals surface area contributed by atoms with Crippen LogP contribution in [0, 0.1) is 10.1 Å². The van der Waals surface area contributed by atoms with Crippen molar-refractivity contribution in [3.05, 3.63) is 118 Å². The summed E-state index contributed by atoms with van der Waals surface area (Å²) >= 11 is 0. The predicted molar refractivity (Wildman–Crippen MR) is 147 cm³/mol. The molecule has 38 heavy (non-hydrogen) atoms. The van der Waals surface area contributed by atoms with Gasteiger partial charge in [-0.15, -0.1) is 0 Å². The molecular formula is C30H25N3O5. The molecule has 0 aliphatic heterocycles. The van der Waals surface area contributed by atoms with Gasteiger partial charge in [0.2, 0.25) is 0 Å². The van der Waals surface area contributed by atoms with Gasteiger partial charge in [0, 0.05) is 47.6 Å². The average molecular weight is 508 g/mol. The molecule has 3 aromatic carbocycles. The summed E-state index contributed by atoms with van der Waals surface area (Å²) in [5, 5.41) is 13.4. The van der Waals surface area contributed by atoms with Crippen LogP contribution in [-0.2, 0) is 17.7 Å². The number of hydrogen-bond donors (Lipinski definition) is 0. The number of nitrogens with zero attached hydrogens (tertiary/aromatic N) is 3. The standard InChI is InChI=1S/C30H25N3O5/c1-37-29-17-22(30(34)38-2)10-9-21(29)16-23-19-32(28-14-13-25(33(35)36)18-26(23)28)15-5-7-24-12-11-20-6-3-4-8-27(20)31-24/h3-14,17-19H,15-16H2,1-2H3. The molecule has 5 rings (SSSR count). The van der Waals surface area contributed by atoms with Crippen LogP contribution in [-0.4, -0.2) is 34.7 Å². The molecule has 8 heteroatoms. The highest BCUT2D eigenvalue weighted by molar-refractivity contribution is 5.90. The molecule has 0 amide bonds. The lowest BCUT2D eigenvalue weighted by molar-refractivity contribution is -0.384. The number of carbonyl (C=O) groups excluding carboxylic acids is 1. The molecule has 0 radical (unpaired) electrons. The van der Waals surface area contributed by atoms with E-state index in [0.717, 1.165) is 38.6 Å². The number of benzene rings is 3. The molecule has 0 saturated heterocycles. The molecule has 0 unspecified atom stereocenters. The average Bonchev–Trinajstić information content (AvgIpc) is 3.29. The van der Waals surface area contributed by atoms with Crippen molar-refractivity contribution in [1.82, 2.24) is 9.55 Å². The molecule has 0 fully saturated rings. The van der Waals surface area contributed by atoms with Gasteiger partial charge in [0.05, 0.1) is 35.9 Å². The van der Waals surface area contributed by atoms with E-state index in [9.17, 15) is 14.9 Å². The molecule has 2 aromatic heterocycles. The van der Waals surface area contributed by atoms with Gasteiger partial charge in [0.15, 0.2) is 0 Å². The van der Waals surface area contributed by atoms with Crippen molar-refractivity contribution >= 4 is 39.5 Å². The number of para-hydroxylation sites is 1. The lowest BCUT2D eigenvalue weighted by atomic mass is 10.0. The zero-order chi connectivity index (χ0) is 26.6. The van der Waals surface area contributed by atoms with E-state index in [1.54, 1.807) is 31.4 Å². The Hall–Kier alpha value is -4.98. The minimum atomic E-state index is -0.449. The Morgan fingerprint density at radius 3 is 2.66 bits per heavy atom. The molecular weight excluding hydrogens is 482 g/mol. The second-order valence-electron chi connectivity index (χ2n) is 8.79. The number of nitro benzene ring substituents is 1. The highest BCUT2D eigenvalue weighted by atomic mass is 16.6. The van der Waals surface area contributed by atoms with Crippen LogP contribution in [0.3, 0.4) is 0 Å². The van der Waals surface area contributed by atoms with E-state index in [1.807, 2.05) is 60.8 Å². The van der Waals surface area contributed by atoms with Gasteiger partial charge >= 0.3 is 5.97 Å².